The minimum atomic E-state index is -0.611. The standard InChI is InChI=1S/C31H44F2O/c1-3-5-22-7-13-25(14-8-22)28-19-20-29(31(33)30(28)32)26-15-9-24(10-16-26)21-34-27-17-11-23(6-4-2)12-18-27/h4,6-7,13,19-20,22-27H,3,5,8-12,14-18,21H2,1-2H3/b6-4+. The van der Waals surface area contributed by atoms with E-state index in [-0.39, 0.29) is 11.8 Å². The highest BCUT2D eigenvalue weighted by Gasteiger charge is 2.29. The summed E-state index contributed by atoms with van der Waals surface area (Å²) in [5.41, 5.74) is 1.13. The van der Waals surface area contributed by atoms with E-state index in [1.807, 2.05) is 12.1 Å². The Morgan fingerprint density at radius 1 is 0.853 bits per heavy atom. The molecule has 3 aliphatic rings. The van der Waals surface area contributed by atoms with Gasteiger partial charge in [0.2, 0.25) is 0 Å². The van der Waals surface area contributed by atoms with Crippen molar-refractivity contribution in [2.24, 2.45) is 17.8 Å². The summed E-state index contributed by atoms with van der Waals surface area (Å²) in [6, 6.07) is 3.74. The number of ether oxygens (including phenoxy) is 1. The Hall–Kier alpha value is -1.48. The van der Waals surface area contributed by atoms with Gasteiger partial charge in [0, 0.05) is 12.5 Å². The lowest BCUT2D eigenvalue weighted by Gasteiger charge is -2.32. The van der Waals surface area contributed by atoms with Crippen LogP contribution < -0.4 is 0 Å². The number of halogens is 2. The average Bonchev–Trinajstić information content (AvgIpc) is 2.87. The first kappa shape index (κ1) is 25.6. The van der Waals surface area contributed by atoms with Crippen molar-refractivity contribution < 1.29 is 13.5 Å². The lowest BCUT2D eigenvalue weighted by Crippen LogP contribution is -2.25. The van der Waals surface area contributed by atoms with Crippen LogP contribution >= 0.6 is 0 Å². The molecule has 188 valence electrons. The van der Waals surface area contributed by atoms with E-state index >= 15 is 8.78 Å². The number of hydrogen-bond donors (Lipinski definition) is 0. The molecule has 0 amide bonds. The fraction of sp³-hybridized carbons (Fsp3) is 0.677. The zero-order valence-electron chi connectivity index (χ0n) is 21.3. The molecule has 2 unspecified atom stereocenters. The summed E-state index contributed by atoms with van der Waals surface area (Å²) >= 11 is 0. The van der Waals surface area contributed by atoms with Gasteiger partial charge in [0.15, 0.2) is 11.6 Å². The van der Waals surface area contributed by atoms with Gasteiger partial charge < -0.3 is 4.74 Å². The number of benzene rings is 1. The Bertz CT molecular complexity index is 828. The van der Waals surface area contributed by atoms with E-state index in [2.05, 4.69) is 38.2 Å². The molecule has 1 aromatic rings. The Kier molecular flexibility index (Phi) is 9.39. The quantitative estimate of drug-likeness (QED) is 0.344. The number of hydrogen-bond acceptors (Lipinski definition) is 1. The van der Waals surface area contributed by atoms with Crippen LogP contribution in [0.15, 0.2) is 36.4 Å². The first-order valence-electron chi connectivity index (χ1n) is 14.0. The second-order valence-corrected chi connectivity index (χ2v) is 11.1. The summed E-state index contributed by atoms with van der Waals surface area (Å²) in [4.78, 5) is 0. The molecule has 0 heterocycles. The zero-order chi connectivity index (χ0) is 23.9. The Morgan fingerprint density at radius 3 is 2.21 bits per heavy atom. The molecule has 0 radical (unpaired) electrons. The van der Waals surface area contributed by atoms with Crippen molar-refractivity contribution in [1.29, 1.82) is 0 Å². The van der Waals surface area contributed by atoms with Gasteiger partial charge in [0.1, 0.15) is 0 Å². The number of rotatable bonds is 8. The van der Waals surface area contributed by atoms with Crippen LogP contribution in [0.5, 0.6) is 0 Å². The Labute approximate surface area is 206 Å². The molecular formula is C31H44F2O. The molecule has 4 rings (SSSR count). The minimum absolute atomic E-state index is 0.0117. The monoisotopic (exact) mass is 470 g/mol. The van der Waals surface area contributed by atoms with E-state index in [9.17, 15) is 0 Å². The van der Waals surface area contributed by atoms with E-state index in [4.69, 9.17) is 4.74 Å². The number of allylic oxidation sites excluding steroid dienone is 4. The van der Waals surface area contributed by atoms with Crippen molar-refractivity contribution in [1.82, 2.24) is 0 Å². The maximum absolute atomic E-state index is 15.1. The molecule has 0 N–H and O–H groups in total. The third-order valence-corrected chi connectivity index (χ3v) is 8.70. The summed E-state index contributed by atoms with van der Waals surface area (Å²) in [6.07, 6.45) is 22.3. The zero-order valence-corrected chi connectivity index (χ0v) is 21.3. The molecule has 1 aromatic carbocycles. The molecule has 1 nitrogen and oxygen atoms in total. The summed E-state index contributed by atoms with van der Waals surface area (Å²) in [6.45, 7) is 5.13. The van der Waals surface area contributed by atoms with Crippen molar-refractivity contribution in [2.45, 2.75) is 109 Å². The van der Waals surface area contributed by atoms with Crippen molar-refractivity contribution in [3.8, 4) is 0 Å². The van der Waals surface area contributed by atoms with Crippen LogP contribution in [-0.4, -0.2) is 12.7 Å². The van der Waals surface area contributed by atoms with E-state index < -0.39 is 11.6 Å². The fourth-order valence-electron chi connectivity index (χ4n) is 6.56. The van der Waals surface area contributed by atoms with Crippen molar-refractivity contribution in [2.75, 3.05) is 6.61 Å². The van der Waals surface area contributed by atoms with Gasteiger partial charge in [-0.3, -0.25) is 0 Å². The third kappa shape index (κ3) is 6.39. The average molecular weight is 471 g/mol. The predicted molar refractivity (Wildman–Crippen MR) is 137 cm³/mol. The van der Waals surface area contributed by atoms with E-state index in [1.54, 1.807) is 0 Å². The molecular weight excluding hydrogens is 426 g/mol. The molecule has 3 heteroatoms. The molecule has 0 bridgehead atoms. The van der Waals surface area contributed by atoms with Crippen molar-refractivity contribution in [3.05, 3.63) is 59.2 Å². The molecule has 2 atom stereocenters. The molecule has 34 heavy (non-hydrogen) atoms. The lowest BCUT2D eigenvalue weighted by atomic mass is 9.77. The van der Waals surface area contributed by atoms with Crippen LogP contribution in [-0.2, 0) is 4.74 Å². The van der Waals surface area contributed by atoms with E-state index in [0.29, 0.717) is 29.1 Å². The highest BCUT2D eigenvalue weighted by molar-refractivity contribution is 5.34. The van der Waals surface area contributed by atoms with Crippen LogP contribution in [0.1, 0.15) is 114 Å². The van der Waals surface area contributed by atoms with Gasteiger partial charge in [-0.2, -0.15) is 0 Å². The molecule has 2 saturated carbocycles. The van der Waals surface area contributed by atoms with Crippen LogP contribution in [0.4, 0.5) is 8.78 Å². The second-order valence-electron chi connectivity index (χ2n) is 11.1. The van der Waals surface area contributed by atoms with Gasteiger partial charge in [-0.15, -0.1) is 0 Å². The highest BCUT2D eigenvalue weighted by atomic mass is 19.2. The van der Waals surface area contributed by atoms with Crippen LogP contribution in [0.3, 0.4) is 0 Å². The SMILES string of the molecule is C/C=C/C1CCC(OCC2CCC(c3ccc(C4C=CC(CCC)CC4)c(F)c3F)CC2)CC1. The molecule has 0 aliphatic heterocycles. The summed E-state index contributed by atoms with van der Waals surface area (Å²) in [5.74, 6) is 0.818. The maximum Gasteiger partial charge on any atom is 0.162 e. The van der Waals surface area contributed by atoms with Gasteiger partial charge in [0.05, 0.1) is 6.10 Å². The summed E-state index contributed by atoms with van der Waals surface area (Å²) in [7, 11) is 0. The molecule has 0 spiro atoms. The van der Waals surface area contributed by atoms with Crippen molar-refractivity contribution >= 4 is 0 Å². The maximum atomic E-state index is 15.1. The lowest BCUT2D eigenvalue weighted by molar-refractivity contribution is -0.00463. The second kappa shape index (κ2) is 12.5. The van der Waals surface area contributed by atoms with Gasteiger partial charge in [-0.05, 0) is 112 Å². The Balaban J connectivity index is 1.26. The third-order valence-electron chi connectivity index (χ3n) is 8.70. The highest BCUT2D eigenvalue weighted by Crippen LogP contribution is 2.40. The van der Waals surface area contributed by atoms with E-state index in [0.717, 1.165) is 63.9 Å². The van der Waals surface area contributed by atoms with Crippen LogP contribution in [0.2, 0.25) is 0 Å². The van der Waals surface area contributed by atoms with Gasteiger partial charge >= 0.3 is 0 Å². The van der Waals surface area contributed by atoms with Crippen LogP contribution in [0.25, 0.3) is 0 Å². The predicted octanol–water partition coefficient (Wildman–Crippen LogP) is 9.24. The van der Waals surface area contributed by atoms with Crippen molar-refractivity contribution in [3.63, 3.8) is 0 Å². The van der Waals surface area contributed by atoms with Gasteiger partial charge in [-0.25, -0.2) is 8.78 Å². The molecule has 0 aromatic heterocycles. The van der Waals surface area contributed by atoms with Crippen LogP contribution in [0, 0.1) is 29.4 Å². The first-order valence-corrected chi connectivity index (χ1v) is 14.0. The first-order chi connectivity index (χ1) is 16.6. The topological polar surface area (TPSA) is 9.23 Å². The molecule has 2 fully saturated rings. The minimum Gasteiger partial charge on any atom is -0.378 e. The summed E-state index contributed by atoms with van der Waals surface area (Å²) < 4.78 is 36.5. The van der Waals surface area contributed by atoms with E-state index in [1.165, 1.54) is 25.7 Å². The summed E-state index contributed by atoms with van der Waals surface area (Å²) in [5, 5.41) is 0. The van der Waals surface area contributed by atoms with Gasteiger partial charge in [0.25, 0.3) is 0 Å². The van der Waals surface area contributed by atoms with Gasteiger partial charge in [-0.1, -0.05) is 49.8 Å². The smallest absolute Gasteiger partial charge is 0.162 e. The molecule has 0 saturated heterocycles. The molecule has 3 aliphatic carbocycles. The normalized spacial score (nSPS) is 32.4. The largest absolute Gasteiger partial charge is 0.378 e. The Morgan fingerprint density at radius 2 is 1.56 bits per heavy atom. The fourth-order valence-corrected chi connectivity index (χ4v) is 6.56.